The van der Waals surface area contributed by atoms with Crippen LogP contribution < -0.4 is 59.1 Å². The van der Waals surface area contributed by atoms with Gasteiger partial charge < -0.3 is 29.5 Å². The van der Waals surface area contributed by atoms with E-state index in [0.717, 1.165) is 25.7 Å². The first-order valence-corrected chi connectivity index (χ1v) is 26.3. The predicted octanol–water partition coefficient (Wildman–Crippen LogP) is 7.78. The Morgan fingerprint density at radius 2 is 0.254 bits per heavy atom. The first kappa shape index (κ1) is 69.7. The van der Waals surface area contributed by atoms with Crippen molar-refractivity contribution in [3.05, 3.63) is 0 Å². The van der Waals surface area contributed by atoms with Gasteiger partial charge in [0.05, 0.1) is 0 Å². The van der Waals surface area contributed by atoms with Gasteiger partial charge in [-0.15, -0.1) is 0 Å². The fraction of sp³-hybridized carbons (Fsp3) is 1.00. The van der Waals surface area contributed by atoms with Crippen molar-refractivity contribution in [2.45, 2.75) is 283 Å². The Morgan fingerprint density at radius 1 is 0.203 bits per heavy atom. The number of hydrogen-bond donors (Lipinski definition) is 4. The van der Waals surface area contributed by atoms with Gasteiger partial charge in [-0.25, -0.2) is 0 Å². The quantitative estimate of drug-likeness (QED) is 0.0209. The molecule has 0 aliphatic rings. The van der Waals surface area contributed by atoms with Crippen molar-refractivity contribution >= 4 is 10.4 Å². The van der Waals surface area contributed by atoms with E-state index in [2.05, 4.69) is 0 Å². The third-order valence-corrected chi connectivity index (χ3v) is 11.1. The van der Waals surface area contributed by atoms with Crippen molar-refractivity contribution in [2.24, 2.45) is 0 Å². The maximum atomic E-state index is 8.73. The average molecular weight is 883 g/mol. The van der Waals surface area contributed by atoms with Crippen LogP contribution in [0, 0.1) is 0 Å². The van der Waals surface area contributed by atoms with Crippen LogP contribution in [0.3, 0.4) is 0 Å². The van der Waals surface area contributed by atoms with Gasteiger partial charge in [0.15, 0.2) is 0 Å². The Hall–Kier alpha value is 1.71. The van der Waals surface area contributed by atoms with Crippen LogP contribution in [0.4, 0.5) is 0 Å². The molecule has 0 heterocycles. The van der Waals surface area contributed by atoms with Gasteiger partial charge in [0.1, 0.15) is 0 Å². The Balaban J connectivity index is -0.000000286. The summed E-state index contributed by atoms with van der Waals surface area (Å²) in [6.07, 6.45) is 59.6. The molecule has 0 fully saturated rings. The number of aliphatic hydroxyl groups excluding tert-OH is 4. The minimum atomic E-state index is -5.17. The largest absolute Gasteiger partial charge is 1.00 e. The van der Waals surface area contributed by atoms with E-state index < -0.39 is 10.4 Å². The summed E-state index contributed by atoms with van der Waals surface area (Å²) >= 11 is 0. The number of hydrogen-bond acceptors (Lipinski definition) is 8. The Morgan fingerprint density at radius 3 is 0.305 bits per heavy atom. The van der Waals surface area contributed by atoms with Gasteiger partial charge in [-0.3, -0.25) is 8.42 Å². The maximum absolute atomic E-state index is 8.73. The summed E-state index contributed by atoms with van der Waals surface area (Å²) in [7, 11) is -5.17. The molecule has 0 bridgehead atoms. The predicted molar refractivity (Wildman–Crippen MR) is 242 cm³/mol. The molecule has 11 heteroatoms. The molecule has 0 aromatic carbocycles. The number of unbranched alkanes of at least 4 members (excludes halogenated alkanes) is 42. The SMILES string of the molecule is O=S(=O)([O-])[O-].OCCCCCCCCCCCCCCCCCCCCCCCCO.OCCCCCCCCCCCCCCCCCCCCCCCCO.[Na+].[Na+]. The van der Waals surface area contributed by atoms with Crippen LogP contribution in [0.25, 0.3) is 0 Å². The molecule has 0 saturated carbocycles. The van der Waals surface area contributed by atoms with Crippen molar-refractivity contribution in [3.8, 4) is 0 Å². The molecule has 4 N–H and O–H groups in total. The molecular formula is C48H100Na2O8S. The fourth-order valence-corrected chi connectivity index (χ4v) is 7.52. The molecule has 0 aliphatic heterocycles. The van der Waals surface area contributed by atoms with E-state index in [9.17, 15) is 0 Å². The maximum Gasteiger partial charge on any atom is 1.00 e. The van der Waals surface area contributed by atoms with E-state index in [0.29, 0.717) is 26.4 Å². The number of aliphatic hydroxyl groups is 4. The minimum Gasteiger partial charge on any atom is -0.759 e. The normalized spacial score (nSPS) is 10.9. The Kier molecular flexibility index (Phi) is 78.4. The van der Waals surface area contributed by atoms with Crippen LogP contribution in [-0.4, -0.2) is 64.4 Å². The molecule has 0 radical (unpaired) electrons. The third kappa shape index (κ3) is 87.4. The summed E-state index contributed by atoms with van der Waals surface area (Å²) in [6.45, 7) is 1.47. The van der Waals surface area contributed by atoms with Crippen molar-refractivity contribution in [1.29, 1.82) is 0 Å². The molecule has 0 aliphatic carbocycles. The summed E-state index contributed by atoms with van der Waals surface area (Å²) in [5.74, 6) is 0. The molecule has 0 aromatic rings. The van der Waals surface area contributed by atoms with Gasteiger partial charge in [-0.05, 0) is 25.7 Å². The van der Waals surface area contributed by atoms with E-state index >= 15 is 0 Å². The monoisotopic (exact) mass is 883 g/mol. The van der Waals surface area contributed by atoms with Crippen molar-refractivity contribution in [2.75, 3.05) is 26.4 Å². The van der Waals surface area contributed by atoms with Crippen LogP contribution in [0.1, 0.15) is 283 Å². The topological polar surface area (TPSA) is 161 Å². The second-order valence-corrected chi connectivity index (χ2v) is 17.7. The summed E-state index contributed by atoms with van der Waals surface area (Å²) in [5, 5.41) is 34.9. The first-order valence-electron chi connectivity index (χ1n) is 24.9. The molecule has 348 valence electrons. The second kappa shape index (κ2) is 66.3. The Labute approximate surface area is 413 Å². The minimum absolute atomic E-state index is 0. The van der Waals surface area contributed by atoms with Crippen LogP contribution in [-0.2, 0) is 10.4 Å². The summed E-state index contributed by atoms with van der Waals surface area (Å²) in [5.41, 5.74) is 0. The standard InChI is InChI=1S/2C24H50O2.2Na.H2O4S/c2*25-23-21-19-17-15-13-11-9-7-5-3-1-2-4-6-8-10-12-14-16-18-20-22-24-26;;;1-5(2,3)4/h2*25-26H,1-24H2;;;(H2,1,2,3,4)/q;;2*+1;/p-2. The molecule has 0 rings (SSSR count). The smallest absolute Gasteiger partial charge is 0.759 e. The van der Waals surface area contributed by atoms with Gasteiger partial charge in [0.25, 0.3) is 0 Å². The van der Waals surface area contributed by atoms with E-state index in [1.54, 1.807) is 0 Å². The Bertz CT molecular complexity index is 676. The average Bonchev–Trinajstić information content (AvgIpc) is 3.18. The van der Waals surface area contributed by atoms with E-state index in [4.69, 9.17) is 37.9 Å². The molecule has 59 heavy (non-hydrogen) atoms. The van der Waals surface area contributed by atoms with Gasteiger partial charge in [0.2, 0.25) is 0 Å². The molecular weight excluding hydrogens is 783 g/mol. The van der Waals surface area contributed by atoms with Crippen LogP contribution in [0.5, 0.6) is 0 Å². The summed E-state index contributed by atoms with van der Waals surface area (Å²) in [6, 6.07) is 0. The van der Waals surface area contributed by atoms with Crippen molar-refractivity contribution in [3.63, 3.8) is 0 Å². The fourth-order valence-electron chi connectivity index (χ4n) is 7.52. The summed E-state index contributed by atoms with van der Waals surface area (Å²) < 4.78 is 34.1. The van der Waals surface area contributed by atoms with E-state index in [-0.39, 0.29) is 59.1 Å². The molecule has 0 aromatic heterocycles. The molecule has 0 unspecified atom stereocenters. The van der Waals surface area contributed by atoms with Crippen LogP contribution in [0.2, 0.25) is 0 Å². The van der Waals surface area contributed by atoms with Crippen molar-refractivity contribution < 1.29 is 97.1 Å². The summed E-state index contributed by atoms with van der Waals surface area (Å²) in [4.78, 5) is 0. The third-order valence-electron chi connectivity index (χ3n) is 11.1. The molecule has 0 amide bonds. The number of rotatable bonds is 46. The van der Waals surface area contributed by atoms with E-state index in [1.165, 1.54) is 257 Å². The molecule has 0 spiro atoms. The van der Waals surface area contributed by atoms with Crippen molar-refractivity contribution in [1.82, 2.24) is 0 Å². The van der Waals surface area contributed by atoms with Gasteiger partial charge in [-0.1, -0.05) is 257 Å². The zero-order valence-corrected chi connectivity index (χ0v) is 44.6. The van der Waals surface area contributed by atoms with E-state index in [1.807, 2.05) is 0 Å². The molecule has 8 nitrogen and oxygen atoms in total. The van der Waals surface area contributed by atoms with Crippen LogP contribution >= 0.6 is 0 Å². The van der Waals surface area contributed by atoms with Gasteiger partial charge in [0, 0.05) is 36.8 Å². The second-order valence-electron chi connectivity index (χ2n) is 16.9. The van der Waals surface area contributed by atoms with Gasteiger partial charge >= 0.3 is 59.1 Å². The molecule has 0 saturated heterocycles. The van der Waals surface area contributed by atoms with Crippen LogP contribution in [0.15, 0.2) is 0 Å². The molecule has 0 atom stereocenters. The zero-order valence-electron chi connectivity index (χ0n) is 39.8. The first-order chi connectivity index (χ1) is 27.8. The van der Waals surface area contributed by atoms with Gasteiger partial charge in [-0.2, -0.15) is 0 Å². The zero-order chi connectivity index (χ0) is 42.4.